The summed E-state index contributed by atoms with van der Waals surface area (Å²) in [7, 11) is 3.18. The van der Waals surface area contributed by atoms with Crippen LogP contribution in [-0.4, -0.2) is 24.3 Å². The molecule has 25 heavy (non-hydrogen) atoms. The second-order valence-corrected chi connectivity index (χ2v) is 6.08. The molecule has 3 rings (SSSR count). The third-order valence-corrected chi connectivity index (χ3v) is 4.33. The first-order chi connectivity index (χ1) is 12.0. The number of phenolic OH excluding ortho intramolecular Hbond substituents is 1. The van der Waals surface area contributed by atoms with Crippen molar-refractivity contribution >= 4 is 46.3 Å². The highest BCUT2D eigenvalue weighted by Gasteiger charge is 2.10. The van der Waals surface area contributed by atoms with E-state index in [0.717, 1.165) is 5.56 Å². The Morgan fingerprint density at radius 2 is 1.68 bits per heavy atom. The van der Waals surface area contributed by atoms with E-state index in [1.807, 2.05) is 36.4 Å². The van der Waals surface area contributed by atoms with E-state index in [-0.39, 0.29) is 10.8 Å². The van der Waals surface area contributed by atoms with Gasteiger partial charge >= 0.3 is 0 Å². The second kappa shape index (κ2) is 7.21. The molecule has 2 aromatic carbocycles. The fourth-order valence-electron chi connectivity index (χ4n) is 2.45. The third kappa shape index (κ3) is 3.50. The van der Waals surface area contributed by atoms with E-state index < -0.39 is 0 Å². The fourth-order valence-corrected chi connectivity index (χ4v) is 2.96. The van der Waals surface area contributed by atoms with Crippen molar-refractivity contribution in [3.63, 3.8) is 0 Å². The van der Waals surface area contributed by atoms with Gasteiger partial charge in [-0.05, 0) is 42.0 Å². The summed E-state index contributed by atoms with van der Waals surface area (Å²) in [5.41, 5.74) is 1.95. The van der Waals surface area contributed by atoms with Crippen LogP contribution in [0.5, 0.6) is 17.2 Å². The van der Waals surface area contributed by atoms with Crippen LogP contribution >= 0.6 is 23.2 Å². The number of hydrogen-bond donors (Lipinski definition) is 1. The van der Waals surface area contributed by atoms with E-state index >= 15 is 0 Å². The number of ether oxygens (including phenoxy) is 2. The van der Waals surface area contributed by atoms with Gasteiger partial charge in [0.05, 0.1) is 30.0 Å². The molecule has 0 atom stereocenters. The Morgan fingerprint density at radius 3 is 2.40 bits per heavy atom. The normalized spacial score (nSPS) is 11.2. The number of pyridine rings is 1. The first-order valence-corrected chi connectivity index (χ1v) is 8.17. The standard InChI is InChI=1S/C19H15Cl2NO3/c1-24-16-8-4-11(9-17(16)25-2)3-5-12-6-7-13-14(20)10-15(21)19(23)18(13)22-12/h3-10,23H,1-2H3. The van der Waals surface area contributed by atoms with Gasteiger partial charge in [-0.15, -0.1) is 0 Å². The van der Waals surface area contributed by atoms with Crippen LogP contribution < -0.4 is 9.47 Å². The second-order valence-electron chi connectivity index (χ2n) is 5.27. The average Bonchev–Trinajstić information content (AvgIpc) is 2.64. The van der Waals surface area contributed by atoms with Crippen molar-refractivity contribution in [2.45, 2.75) is 0 Å². The van der Waals surface area contributed by atoms with Gasteiger partial charge in [0, 0.05) is 5.39 Å². The maximum atomic E-state index is 10.1. The van der Waals surface area contributed by atoms with Crippen LogP contribution in [0.3, 0.4) is 0 Å². The number of halogens is 2. The number of aromatic hydroxyl groups is 1. The van der Waals surface area contributed by atoms with Crippen molar-refractivity contribution in [1.82, 2.24) is 4.98 Å². The predicted octanol–water partition coefficient (Wildman–Crippen LogP) is 5.43. The maximum Gasteiger partial charge on any atom is 0.161 e. The minimum Gasteiger partial charge on any atom is -0.504 e. The van der Waals surface area contributed by atoms with Crippen LogP contribution in [0.2, 0.25) is 10.0 Å². The molecule has 0 amide bonds. The van der Waals surface area contributed by atoms with Crippen molar-refractivity contribution in [3.8, 4) is 17.2 Å². The maximum absolute atomic E-state index is 10.1. The lowest BCUT2D eigenvalue weighted by Crippen LogP contribution is -1.90. The predicted molar refractivity (Wildman–Crippen MR) is 102 cm³/mol. The lowest BCUT2D eigenvalue weighted by molar-refractivity contribution is 0.355. The molecule has 128 valence electrons. The molecular formula is C19H15Cl2NO3. The van der Waals surface area contributed by atoms with Crippen LogP contribution in [0.15, 0.2) is 36.4 Å². The van der Waals surface area contributed by atoms with Crippen LogP contribution in [0, 0.1) is 0 Å². The van der Waals surface area contributed by atoms with Crippen molar-refractivity contribution in [2.75, 3.05) is 14.2 Å². The molecule has 0 saturated heterocycles. The number of methoxy groups -OCH3 is 2. The first-order valence-electron chi connectivity index (χ1n) is 7.41. The molecule has 6 heteroatoms. The van der Waals surface area contributed by atoms with Crippen molar-refractivity contribution in [3.05, 3.63) is 57.7 Å². The van der Waals surface area contributed by atoms with E-state index in [9.17, 15) is 5.11 Å². The Morgan fingerprint density at radius 1 is 0.920 bits per heavy atom. The van der Waals surface area contributed by atoms with Crippen LogP contribution in [0.4, 0.5) is 0 Å². The zero-order chi connectivity index (χ0) is 18.0. The highest BCUT2D eigenvalue weighted by Crippen LogP contribution is 2.36. The van der Waals surface area contributed by atoms with E-state index in [1.54, 1.807) is 20.3 Å². The molecule has 0 aliphatic rings. The lowest BCUT2D eigenvalue weighted by Gasteiger charge is -2.08. The molecule has 0 aliphatic heterocycles. The zero-order valence-corrected chi connectivity index (χ0v) is 15.1. The summed E-state index contributed by atoms with van der Waals surface area (Å²) < 4.78 is 10.5. The Bertz CT molecular complexity index is 971. The SMILES string of the molecule is COc1ccc(C=Cc2ccc3c(Cl)cc(Cl)c(O)c3n2)cc1OC. The molecule has 0 bridgehead atoms. The number of nitrogens with zero attached hydrogens (tertiary/aromatic N) is 1. The monoisotopic (exact) mass is 375 g/mol. The smallest absolute Gasteiger partial charge is 0.161 e. The Hall–Kier alpha value is -2.43. The summed E-state index contributed by atoms with van der Waals surface area (Å²) in [6.07, 6.45) is 3.72. The van der Waals surface area contributed by atoms with Gasteiger partial charge in [0.2, 0.25) is 0 Å². The first kappa shape index (κ1) is 17.4. The van der Waals surface area contributed by atoms with E-state index in [2.05, 4.69) is 4.98 Å². The molecule has 0 spiro atoms. The highest BCUT2D eigenvalue weighted by atomic mass is 35.5. The Balaban J connectivity index is 1.98. The lowest BCUT2D eigenvalue weighted by atomic mass is 10.1. The van der Waals surface area contributed by atoms with Gasteiger partial charge in [0.1, 0.15) is 5.52 Å². The Kier molecular flexibility index (Phi) is 5.02. The molecular weight excluding hydrogens is 361 g/mol. The number of rotatable bonds is 4. The molecule has 0 unspecified atom stereocenters. The summed E-state index contributed by atoms with van der Waals surface area (Å²) in [6.45, 7) is 0. The summed E-state index contributed by atoms with van der Waals surface area (Å²) in [5, 5.41) is 11.4. The zero-order valence-electron chi connectivity index (χ0n) is 13.6. The third-order valence-electron chi connectivity index (χ3n) is 3.73. The molecule has 1 heterocycles. The molecule has 0 fully saturated rings. The number of aromatic nitrogens is 1. The van der Waals surface area contributed by atoms with Crippen molar-refractivity contribution in [2.24, 2.45) is 0 Å². The van der Waals surface area contributed by atoms with Crippen LogP contribution in [0.25, 0.3) is 23.1 Å². The van der Waals surface area contributed by atoms with E-state index in [0.29, 0.717) is 33.1 Å². The summed E-state index contributed by atoms with van der Waals surface area (Å²) in [4.78, 5) is 4.43. The van der Waals surface area contributed by atoms with E-state index in [4.69, 9.17) is 32.7 Å². The number of phenols is 1. The quantitative estimate of drug-likeness (QED) is 0.659. The number of hydrogen-bond acceptors (Lipinski definition) is 4. The molecule has 0 saturated carbocycles. The van der Waals surface area contributed by atoms with Gasteiger partial charge in [-0.2, -0.15) is 0 Å². The fraction of sp³-hybridized carbons (Fsp3) is 0.105. The van der Waals surface area contributed by atoms with Gasteiger partial charge in [-0.1, -0.05) is 35.3 Å². The molecule has 1 aromatic heterocycles. The van der Waals surface area contributed by atoms with Gasteiger partial charge in [0.25, 0.3) is 0 Å². The minimum absolute atomic E-state index is 0.0811. The molecule has 4 nitrogen and oxygen atoms in total. The molecule has 3 aromatic rings. The Labute approximate surface area is 155 Å². The highest BCUT2D eigenvalue weighted by molar-refractivity contribution is 6.39. The largest absolute Gasteiger partial charge is 0.504 e. The van der Waals surface area contributed by atoms with Gasteiger partial charge in [0.15, 0.2) is 17.2 Å². The molecule has 0 radical (unpaired) electrons. The number of benzene rings is 2. The summed E-state index contributed by atoms with van der Waals surface area (Å²) in [5.74, 6) is 1.23. The van der Waals surface area contributed by atoms with Gasteiger partial charge in [-0.3, -0.25) is 0 Å². The number of fused-ring (bicyclic) bond motifs is 1. The molecule has 0 aliphatic carbocycles. The summed E-state index contributed by atoms with van der Waals surface area (Å²) in [6, 6.07) is 10.7. The van der Waals surface area contributed by atoms with Crippen molar-refractivity contribution < 1.29 is 14.6 Å². The van der Waals surface area contributed by atoms with E-state index in [1.165, 1.54) is 6.07 Å². The van der Waals surface area contributed by atoms with Gasteiger partial charge in [-0.25, -0.2) is 4.98 Å². The van der Waals surface area contributed by atoms with Crippen LogP contribution in [-0.2, 0) is 0 Å². The van der Waals surface area contributed by atoms with Gasteiger partial charge < -0.3 is 14.6 Å². The minimum atomic E-state index is -0.0811. The molecule has 1 N–H and O–H groups in total. The topological polar surface area (TPSA) is 51.6 Å². The van der Waals surface area contributed by atoms with Crippen molar-refractivity contribution in [1.29, 1.82) is 0 Å². The summed E-state index contributed by atoms with van der Waals surface area (Å²) >= 11 is 12.1. The average molecular weight is 376 g/mol. The van der Waals surface area contributed by atoms with Crippen LogP contribution in [0.1, 0.15) is 11.3 Å².